The first-order valence-electron chi connectivity index (χ1n) is 7.87. The van der Waals surface area contributed by atoms with Crippen LogP contribution >= 0.6 is 12.4 Å². The Morgan fingerprint density at radius 2 is 1.91 bits per heavy atom. The summed E-state index contributed by atoms with van der Waals surface area (Å²) >= 11 is 0. The Balaban J connectivity index is 0.00000242. The molecule has 2 saturated heterocycles. The minimum absolute atomic E-state index is 0. The summed E-state index contributed by atoms with van der Waals surface area (Å²) in [5, 5.41) is 0. The minimum Gasteiger partial charge on any atom is -0.342 e. The first-order chi connectivity index (χ1) is 9.52. The van der Waals surface area contributed by atoms with Gasteiger partial charge in [0, 0.05) is 37.6 Å². The van der Waals surface area contributed by atoms with Crippen molar-refractivity contribution in [3.8, 4) is 0 Å². The SMILES string of the molecule is CC1(C)CN(C(=O)C2CC(=O)N(C(C)(C)C)C2)CCC1N.Cl. The summed E-state index contributed by atoms with van der Waals surface area (Å²) in [5.74, 6) is 0.0192. The molecule has 2 aliphatic heterocycles. The van der Waals surface area contributed by atoms with Crippen LogP contribution in [0.5, 0.6) is 0 Å². The molecule has 5 nitrogen and oxygen atoms in total. The van der Waals surface area contributed by atoms with Crippen LogP contribution in [-0.4, -0.2) is 52.8 Å². The number of amides is 2. The third-order valence-corrected chi connectivity index (χ3v) is 4.91. The first-order valence-corrected chi connectivity index (χ1v) is 7.87. The van der Waals surface area contributed by atoms with E-state index in [9.17, 15) is 9.59 Å². The van der Waals surface area contributed by atoms with Gasteiger partial charge in [-0.3, -0.25) is 9.59 Å². The maximum absolute atomic E-state index is 12.7. The molecule has 128 valence electrons. The van der Waals surface area contributed by atoms with E-state index in [2.05, 4.69) is 13.8 Å². The number of hydrogen-bond acceptors (Lipinski definition) is 3. The molecular weight excluding hydrogens is 302 g/mol. The Hall–Kier alpha value is -0.810. The van der Waals surface area contributed by atoms with E-state index in [0.717, 1.165) is 6.42 Å². The Labute approximate surface area is 140 Å². The van der Waals surface area contributed by atoms with Gasteiger partial charge in [0.25, 0.3) is 0 Å². The third kappa shape index (κ3) is 3.74. The standard InChI is InChI=1S/C16H29N3O2.ClH/c1-15(2,3)19-9-11(8-13(19)20)14(21)18-7-6-12(17)16(4,5)10-18;/h11-12H,6-10,17H2,1-5H3;1H. The second-order valence-electron chi connectivity index (χ2n) is 8.22. The Morgan fingerprint density at radius 3 is 2.36 bits per heavy atom. The van der Waals surface area contributed by atoms with Crippen LogP contribution in [0.1, 0.15) is 47.5 Å². The highest BCUT2D eigenvalue weighted by molar-refractivity contribution is 5.89. The zero-order chi connectivity index (χ0) is 16.0. The number of carbonyl (C=O) groups is 2. The number of halogens is 1. The quantitative estimate of drug-likeness (QED) is 0.794. The van der Waals surface area contributed by atoms with Gasteiger partial charge in [-0.1, -0.05) is 13.8 Å². The summed E-state index contributed by atoms with van der Waals surface area (Å²) in [4.78, 5) is 28.6. The van der Waals surface area contributed by atoms with Crippen LogP contribution in [0.3, 0.4) is 0 Å². The number of carbonyl (C=O) groups excluding carboxylic acids is 2. The number of likely N-dealkylation sites (tertiary alicyclic amines) is 2. The molecule has 0 aromatic rings. The van der Waals surface area contributed by atoms with Gasteiger partial charge in [0.2, 0.25) is 11.8 Å². The Kier molecular flexibility index (Phi) is 5.56. The van der Waals surface area contributed by atoms with Gasteiger partial charge in [-0.15, -0.1) is 12.4 Å². The number of piperidine rings is 1. The summed E-state index contributed by atoms with van der Waals surface area (Å²) in [5.41, 5.74) is 5.86. The second-order valence-corrected chi connectivity index (χ2v) is 8.22. The third-order valence-electron chi connectivity index (χ3n) is 4.91. The molecule has 2 amide bonds. The van der Waals surface area contributed by atoms with Crippen molar-refractivity contribution >= 4 is 24.2 Å². The average Bonchev–Trinajstić information content (AvgIpc) is 2.73. The molecule has 0 aliphatic carbocycles. The number of nitrogens with zero attached hydrogens (tertiary/aromatic N) is 2. The molecule has 2 aliphatic rings. The normalized spacial score (nSPS) is 28.5. The molecule has 2 atom stereocenters. The van der Waals surface area contributed by atoms with Gasteiger partial charge in [0.05, 0.1) is 5.92 Å². The lowest BCUT2D eigenvalue weighted by Crippen LogP contribution is -2.55. The van der Waals surface area contributed by atoms with Crippen LogP contribution < -0.4 is 5.73 Å². The fourth-order valence-corrected chi connectivity index (χ4v) is 3.34. The molecule has 0 spiro atoms. The van der Waals surface area contributed by atoms with Gasteiger partial charge < -0.3 is 15.5 Å². The van der Waals surface area contributed by atoms with Crippen LogP contribution in [0.15, 0.2) is 0 Å². The summed E-state index contributed by atoms with van der Waals surface area (Å²) in [6, 6.07) is 0.137. The summed E-state index contributed by atoms with van der Waals surface area (Å²) in [6.07, 6.45) is 1.18. The van der Waals surface area contributed by atoms with Crippen molar-refractivity contribution in [2.45, 2.75) is 59.0 Å². The molecule has 0 bridgehead atoms. The van der Waals surface area contributed by atoms with Crippen molar-refractivity contribution in [2.24, 2.45) is 17.1 Å². The van der Waals surface area contributed by atoms with Crippen molar-refractivity contribution in [3.05, 3.63) is 0 Å². The first kappa shape index (κ1) is 19.2. The molecule has 2 unspecified atom stereocenters. The van der Waals surface area contributed by atoms with Crippen molar-refractivity contribution in [1.29, 1.82) is 0 Å². The minimum atomic E-state index is -0.213. The second kappa shape index (κ2) is 6.36. The smallest absolute Gasteiger partial charge is 0.228 e. The largest absolute Gasteiger partial charge is 0.342 e. The van der Waals surface area contributed by atoms with Gasteiger partial charge in [-0.2, -0.15) is 0 Å². The monoisotopic (exact) mass is 331 g/mol. The van der Waals surface area contributed by atoms with Gasteiger partial charge in [-0.05, 0) is 32.6 Å². The Morgan fingerprint density at radius 1 is 1.32 bits per heavy atom. The van der Waals surface area contributed by atoms with Gasteiger partial charge in [0.1, 0.15) is 0 Å². The van der Waals surface area contributed by atoms with E-state index in [1.165, 1.54) is 0 Å². The number of rotatable bonds is 1. The lowest BCUT2D eigenvalue weighted by Gasteiger charge is -2.43. The fraction of sp³-hybridized carbons (Fsp3) is 0.875. The molecule has 0 saturated carbocycles. The van der Waals surface area contributed by atoms with Crippen molar-refractivity contribution in [1.82, 2.24) is 9.80 Å². The highest BCUT2D eigenvalue weighted by Crippen LogP contribution is 2.31. The van der Waals surface area contributed by atoms with Crippen LogP contribution in [0, 0.1) is 11.3 Å². The van der Waals surface area contributed by atoms with E-state index in [1.807, 2.05) is 30.6 Å². The predicted molar refractivity (Wildman–Crippen MR) is 89.8 cm³/mol. The molecule has 0 radical (unpaired) electrons. The molecule has 0 aromatic carbocycles. The Bertz CT molecular complexity index is 445. The molecule has 0 aromatic heterocycles. The van der Waals surface area contributed by atoms with Crippen LogP contribution in [-0.2, 0) is 9.59 Å². The predicted octanol–water partition coefficient (Wildman–Crippen LogP) is 1.64. The fourth-order valence-electron chi connectivity index (χ4n) is 3.34. The maximum atomic E-state index is 12.7. The van der Waals surface area contributed by atoms with E-state index < -0.39 is 0 Å². The van der Waals surface area contributed by atoms with E-state index >= 15 is 0 Å². The average molecular weight is 332 g/mol. The molecule has 22 heavy (non-hydrogen) atoms. The lowest BCUT2D eigenvalue weighted by molar-refractivity contribution is -0.139. The summed E-state index contributed by atoms with van der Waals surface area (Å²) in [6.45, 7) is 12.2. The molecule has 2 N–H and O–H groups in total. The van der Waals surface area contributed by atoms with E-state index in [4.69, 9.17) is 5.73 Å². The highest BCUT2D eigenvalue weighted by atomic mass is 35.5. The van der Waals surface area contributed by atoms with Gasteiger partial charge >= 0.3 is 0 Å². The zero-order valence-electron chi connectivity index (χ0n) is 14.4. The maximum Gasteiger partial charge on any atom is 0.228 e. The summed E-state index contributed by atoms with van der Waals surface area (Å²) in [7, 11) is 0. The lowest BCUT2D eigenvalue weighted by atomic mass is 9.79. The van der Waals surface area contributed by atoms with Crippen molar-refractivity contribution < 1.29 is 9.59 Å². The van der Waals surface area contributed by atoms with E-state index in [1.54, 1.807) is 0 Å². The van der Waals surface area contributed by atoms with Gasteiger partial charge in [-0.25, -0.2) is 0 Å². The van der Waals surface area contributed by atoms with Crippen LogP contribution in [0.2, 0.25) is 0 Å². The van der Waals surface area contributed by atoms with E-state index in [0.29, 0.717) is 26.1 Å². The van der Waals surface area contributed by atoms with E-state index in [-0.39, 0.29) is 47.1 Å². The molecule has 2 heterocycles. The molecule has 2 rings (SSSR count). The van der Waals surface area contributed by atoms with Gasteiger partial charge in [0.15, 0.2) is 0 Å². The molecule has 6 heteroatoms. The molecular formula is C16H30ClN3O2. The van der Waals surface area contributed by atoms with Crippen molar-refractivity contribution in [3.63, 3.8) is 0 Å². The summed E-state index contributed by atoms with van der Waals surface area (Å²) < 4.78 is 0. The van der Waals surface area contributed by atoms with Crippen LogP contribution in [0.4, 0.5) is 0 Å². The number of hydrogen-bond donors (Lipinski definition) is 1. The zero-order valence-corrected chi connectivity index (χ0v) is 15.2. The number of nitrogens with two attached hydrogens (primary N) is 1. The highest BCUT2D eigenvalue weighted by Gasteiger charge is 2.43. The topological polar surface area (TPSA) is 66.6 Å². The van der Waals surface area contributed by atoms with Crippen LogP contribution in [0.25, 0.3) is 0 Å². The van der Waals surface area contributed by atoms with Crippen molar-refractivity contribution in [2.75, 3.05) is 19.6 Å². The molecule has 2 fully saturated rings.